The van der Waals surface area contributed by atoms with E-state index in [0.717, 1.165) is 23.4 Å². The maximum atomic E-state index is 13.5. The summed E-state index contributed by atoms with van der Waals surface area (Å²) in [5, 5.41) is 4.36. The summed E-state index contributed by atoms with van der Waals surface area (Å²) in [4.78, 5) is 11.7. The van der Waals surface area contributed by atoms with Crippen LogP contribution in [0, 0.1) is 5.82 Å². The number of benzene rings is 1. The van der Waals surface area contributed by atoms with Gasteiger partial charge >= 0.3 is 5.97 Å². The van der Waals surface area contributed by atoms with Crippen molar-refractivity contribution in [1.29, 1.82) is 0 Å². The van der Waals surface area contributed by atoms with E-state index in [0.29, 0.717) is 31.6 Å². The summed E-state index contributed by atoms with van der Waals surface area (Å²) >= 11 is 0. The Morgan fingerprint density at radius 2 is 2.03 bits per heavy atom. The minimum Gasteiger partial charge on any atom is -0.466 e. The van der Waals surface area contributed by atoms with Gasteiger partial charge in [-0.2, -0.15) is 5.10 Å². The molecule has 2 aromatic rings. The van der Waals surface area contributed by atoms with Crippen molar-refractivity contribution in [2.24, 2.45) is 0 Å². The van der Waals surface area contributed by atoms with Gasteiger partial charge in [-0.15, -0.1) is 0 Å². The molecule has 1 aliphatic carbocycles. The molecule has 1 aliphatic rings. The lowest BCUT2D eigenvalue weighted by atomic mass is 9.83. The van der Waals surface area contributed by atoms with Crippen LogP contribution in [0.25, 0.3) is 0 Å². The zero-order valence-electron chi connectivity index (χ0n) is 16.7. The van der Waals surface area contributed by atoms with Gasteiger partial charge in [0, 0.05) is 5.69 Å². The molecule has 8 heteroatoms. The zero-order valence-corrected chi connectivity index (χ0v) is 17.5. The monoisotopic (exact) mass is 420 g/mol. The van der Waals surface area contributed by atoms with Gasteiger partial charge in [-0.1, -0.05) is 12.2 Å². The Hall–Kier alpha value is -2.48. The van der Waals surface area contributed by atoms with Crippen LogP contribution < -0.4 is 0 Å². The fraction of sp³-hybridized carbons (Fsp3) is 0.429. The van der Waals surface area contributed by atoms with Gasteiger partial charge in [-0.3, -0.25) is 9.48 Å². The molecule has 0 spiro atoms. The molecule has 29 heavy (non-hydrogen) atoms. The van der Waals surface area contributed by atoms with Crippen LogP contribution in [0.5, 0.6) is 0 Å². The van der Waals surface area contributed by atoms with Crippen molar-refractivity contribution in [2.45, 2.75) is 55.7 Å². The number of sulfone groups is 1. The maximum absolute atomic E-state index is 13.5. The van der Waals surface area contributed by atoms with E-state index in [9.17, 15) is 17.6 Å². The normalized spacial score (nSPS) is 18.9. The Morgan fingerprint density at radius 1 is 1.34 bits per heavy atom. The second kappa shape index (κ2) is 8.10. The number of nitrogens with zero attached hydrogens (tertiary/aromatic N) is 2. The first-order valence-electron chi connectivity index (χ1n) is 9.56. The van der Waals surface area contributed by atoms with Gasteiger partial charge < -0.3 is 4.74 Å². The van der Waals surface area contributed by atoms with E-state index in [4.69, 9.17) is 4.74 Å². The molecule has 0 saturated heterocycles. The van der Waals surface area contributed by atoms with E-state index < -0.39 is 20.4 Å². The van der Waals surface area contributed by atoms with E-state index in [2.05, 4.69) is 11.7 Å². The summed E-state index contributed by atoms with van der Waals surface area (Å²) in [6.45, 7) is 8.17. The Labute approximate surface area is 170 Å². The zero-order chi connectivity index (χ0) is 21.2. The van der Waals surface area contributed by atoms with E-state index in [1.807, 2.05) is 0 Å². The second-order valence-electron chi connectivity index (χ2n) is 7.30. The first kappa shape index (κ1) is 21.2. The number of carbonyl (C=O) groups excluding carboxylic acids is 1. The Bertz CT molecular complexity index is 1030. The van der Waals surface area contributed by atoms with Gasteiger partial charge in [0.15, 0.2) is 9.84 Å². The number of aromatic nitrogens is 2. The summed E-state index contributed by atoms with van der Waals surface area (Å²) in [6, 6.07) is 4.91. The molecule has 1 heterocycles. The molecule has 0 fully saturated rings. The summed E-state index contributed by atoms with van der Waals surface area (Å²) in [6.07, 6.45) is 2.96. The summed E-state index contributed by atoms with van der Waals surface area (Å²) in [7, 11) is -3.78. The molecule has 1 unspecified atom stereocenters. The molecule has 1 aromatic carbocycles. The fourth-order valence-corrected chi connectivity index (χ4v) is 6.01. The SMILES string of the molecule is C=C(C)C1(S(=O)(=O)c2ccc(F)cc2)CCc2c(cnn2CCC(=O)OCC)C1. The molecule has 0 radical (unpaired) electrons. The lowest BCUT2D eigenvalue weighted by Crippen LogP contribution is -2.45. The fourth-order valence-electron chi connectivity index (χ4n) is 3.89. The Morgan fingerprint density at radius 3 is 2.66 bits per heavy atom. The number of halogens is 1. The number of rotatable bonds is 7. The molecule has 6 nitrogen and oxygen atoms in total. The van der Waals surface area contributed by atoms with Gasteiger partial charge in [0.05, 0.1) is 30.7 Å². The van der Waals surface area contributed by atoms with Crippen LogP contribution in [-0.2, 0) is 38.8 Å². The van der Waals surface area contributed by atoms with Crippen LogP contribution in [-0.4, -0.2) is 35.5 Å². The maximum Gasteiger partial charge on any atom is 0.307 e. The average molecular weight is 421 g/mol. The first-order valence-corrected chi connectivity index (χ1v) is 11.0. The van der Waals surface area contributed by atoms with Crippen molar-refractivity contribution < 1.29 is 22.3 Å². The van der Waals surface area contributed by atoms with Gasteiger partial charge in [-0.05, 0) is 62.9 Å². The number of aryl methyl sites for hydroxylation is 1. The van der Waals surface area contributed by atoms with Gasteiger partial charge in [0.25, 0.3) is 0 Å². The van der Waals surface area contributed by atoms with Gasteiger partial charge in [-0.25, -0.2) is 12.8 Å². The predicted octanol–water partition coefficient (Wildman–Crippen LogP) is 3.25. The molecule has 0 aliphatic heterocycles. The number of ether oxygens (including phenoxy) is 1. The molecule has 3 rings (SSSR count). The highest BCUT2D eigenvalue weighted by molar-refractivity contribution is 7.93. The van der Waals surface area contributed by atoms with E-state index in [1.165, 1.54) is 12.1 Å². The average Bonchev–Trinajstić information content (AvgIpc) is 3.08. The molecule has 1 atom stereocenters. The smallest absolute Gasteiger partial charge is 0.307 e. The number of hydrogen-bond acceptors (Lipinski definition) is 5. The van der Waals surface area contributed by atoms with Crippen molar-refractivity contribution in [2.75, 3.05) is 6.61 Å². The standard InChI is InChI=1S/C21H25FN2O4S/c1-4-28-20(25)10-12-24-19-9-11-21(15(2)3,13-16(19)14-23-24)29(26,27)18-7-5-17(22)6-8-18/h5-8,14H,2,4,9-13H2,1,3H3. The number of carbonyl (C=O) groups is 1. The largest absolute Gasteiger partial charge is 0.466 e. The Kier molecular flexibility index (Phi) is 5.93. The lowest BCUT2D eigenvalue weighted by molar-refractivity contribution is -0.143. The number of esters is 1. The third-order valence-electron chi connectivity index (χ3n) is 5.53. The van der Waals surface area contributed by atoms with Crippen LogP contribution >= 0.6 is 0 Å². The van der Waals surface area contributed by atoms with E-state index in [-0.39, 0.29) is 23.7 Å². The van der Waals surface area contributed by atoms with Crippen LogP contribution in [0.2, 0.25) is 0 Å². The topological polar surface area (TPSA) is 78.3 Å². The van der Waals surface area contributed by atoms with Crippen LogP contribution in [0.4, 0.5) is 4.39 Å². The highest BCUT2D eigenvalue weighted by Crippen LogP contribution is 2.42. The number of hydrogen-bond donors (Lipinski definition) is 0. The quantitative estimate of drug-likeness (QED) is 0.390. The van der Waals surface area contributed by atoms with E-state index in [1.54, 1.807) is 24.7 Å². The minimum atomic E-state index is -3.78. The van der Waals surface area contributed by atoms with Crippen molar-refractivity contribution >= 4 is 15.8 Å². The molecular formula is C21H25FN2O4S. The predicted molar refractivity (Wildman–Crippen MR) is 107 cm³/mol. The van der Waals surface area contributed by atoms with Crippen molar-refractivity contribution in [3.63, 3.8) is 0 Å². The van der Waals surface area contributed by atoms with Crippen molar-refractivity contribution in [3.8, 4) is 0 Å². The second-order valence-corrected chi connectivity index (χ2v) is 9.56. The third kappa shape index (κ3) is 3.85. The molecule has 1 aromatic heterocycles. The van der Waals surface area contributed by atoms with Crippen LogP contribution in [0.15, 0.2) is 47.5 Å². The minimum absolute atomic E-state index is 0.0834. The van der Waals surface area contributed by atoms with E-state index >= 15 is 0 Å². The van der Waals surface area contributed by atoms with Crippen molar-refractivity contribution in [1.82, 2.24) is 9.78 Å². The molecule has 0 bridgehead atoms. The third-order valence-corrected chi connectivity index (χ3v) is 8.14. The number of fused-ring (bicyclic) bond motifs is 1. The molecule has 0 N–H and O–H groups in total. The van der Waals surface area contributed by atoms with Crippen LogP contribution in [0.1, 0.15) is 37.9 Å². The lowest BCUT2D eigenvalue weighted by Gasteiger charge is -2.37. The summed E-state index contributed by atoms with van der Waals surface area (Å²) in [5.74, 6) is -0.773. The highest BCUT2D eigenvalue weighted by atomic mass is 32.2. The Balaban J connectivity index is 1.90. The summed E-state index contributed by atoms with van der Waals surface area (Å²) in [5.41, 5.74) is 2.31. The summed E-state index contributed by atoms with van der Waals surface area (Å²) < 4.78 is 45.8. The van der Waals surface area contributed by atoms with Crippen LogP contribution in [0.3, 0.4) is 0 Å². The molecular weight excluding hydrogens is 395 g/mol. The van der Waals surface area contributed by atoms with Gasteiger partial charge in [0.2, 0.25) is 0 Å². The highest BCUT2D eigenvalue weighted by Gasteiger charge is 2.48. The first-order chi connectivity index (χ1) is 13.7. The molecule has 0 amide bonds. The molecule has 156 valence electrons. The molecule has 0 saturated carbocycles. The van der Waals surface area contributed by atoms with Crippen molar-refractivity contribution in [3.05, 3.63) is 59.7 Å². The van der Waals surface area contributed by atoms with Gasteiger partial charge in [0.1, 0.15) is 10.6 Å².